The fraction of sp³-hybridized carbons (Fsp3) is 0.188. The van der Waals surface area contributed by atoms with Crippen molar-refractivity contribution in [2.75, 3.05) is 11.1 Å². The van der Waals surface area contributed by atoms with Crippen LogP contribution in [0.25, 0.3) is 0 Å². The van der Waals surface area contributed by atoms with Gasteiger partial charge >= 0.3 is 11.0 Å². The summed E-state index contributed by atoms with van der Waals surface area (Å²) < 4.78 is 99.4. The smallest absolute Gasteiger partial charge is 0.324 e. The maximum absolute atomic E-state index is 12.6. The highest BCUT2D eigenvalue weighted by Gasteiger charge is 2.39. The SMILES string of the molecule is O=C(CS(=O)c1ccc(S(=O)C(F)(F)F)cc1[N+](=O)[O-])Nc1ccccc1SC(F)(F)F. The van der Waals surface area contributed by atoms with Crippen molar-refractivity contribution >= 4 is 50.6 Å². The number of nitro groups is 1. The summed E-state index contributed by atoms with van der Waals surface area (Å²) in [5.74, 6) is -2.00. The third-order valence-electron chi connectivity index (χ3n) is 3.45. The predicted molar refractivity (Wildman–Crippen MR) is 104 cm³/mol. The van der Waals surface area contributed by atoms with Crippen molar-refractivity contribution in [1.82, 2.24) is 0 Å². The number of alkyl halides is 6. The first-order valence-electron chi connectivity index (χ1n) is 7.99. The van der Waals surface area contributed by atoms with E-state index in [1.54, 1.807) is 0 Å². The van der Waals surface area contributed by atoms with Gasteiger partial charge in [0.25, 0.3) is 5.69 Å². The Morgan fingerprint density at radius 3 is 2.25 bits per heavy atom. The Morgan fingerprint density at radius 1 is 1.06 bits per heavy atom. The molecule has 0 aliphatic rings. The number of rotatable bonds is 7. The number of amides is 1. The summed E-state index contributed by atoms with van der Waals surface area (Å²) in [4.78, 5) is 20.2. The lowest BCUT2D eigenvalue weighted by atomic mass is 10.3. The van der Waals surface area contributed by atoms with Gasteiger partial charge in [0.15, 0.2) is 10.8 Å². The number of hydrogen-bond acceptors (Lipinski definition) is 6. The molecule has 0 fully saturated rings. The zero-order chi connectivity index (χ0) is 24.3. The van der Waals surface area contributed by atoms with Crippen LogP contribution in [0.4, 0.5) is 37.7 Å². The van der Waals surface area contributed by atoms with E-state index in [1.807, 2.05) is 0 Å². The molecule has 0 radical (unpaired) electrons. The standard InChI is InChI=1S/C16H10F6N2O5S3/c17-15(18,19)30-12-4-2-1-3-10(12)23-14(25)8-31(28)13-6-5-9(7-11(13)24(26)27)32(29)16(20,21)22/h1-7H,8H2,(H,23,25). The second kappa shape index (κ2) is 9.99. The largest absolute Gasteiger partial charge is 0.475 e. The molecule has 2 aromatic rings. The van der Waals surface area contributed by atoms with E-state index in [9.17, 15) is 49.7 Å². The topological polar surface area (TPSA) is 106 Å². The van der Waals surface area contributed by atoms with Crippen molar-refractivity contribution in [3.05, 3.63) is 52.6 Å². The third-order valence-corrected chi connectivity index (χ3v) is 6.72. The summed E-state index contributed by atoms with van der Waals surface area (Å²) in [6, 6.07) is 6.48. The summed E-state index contributed by atoms with van der Waals surface area (Å²) in [6.07, 6.45) is 0. The highest BCUT2D eigenvalue weighted by atomic mass is 32.2. The van der Waals surface area contributed by atoms with Crippen LogP contribution in [0.15, 0.2) is 57.2 Å². The van der Waals surface area contributed by atoms with E-state index in [0.717, 1.165) is 12.1 Å². The van der Waals surface area contributed by atoms with Gasteiger partial charge in [0.2, 0.25) is 5.91 Å². The molecule has 32 heavy (non-hydrogen) atoms. The van der Waals surface area contributed by atoms with Crippen LogP contribution in [0, 0.1) is 10.1 Å². The molecule has 0 aliphatic carbocycles. The van der Waals surface area contributed by atoms with Crippen molar-refractivity contribution in [2.45, 2.75) is 25.7 Å². The molecule has 2 atom stereocenters. The molecule has 1 N–H and O–H groups in total. The van der Waals surface area contributed by atoms with Gasteiger partial charge < -0.3 is 5.32 Å². The number of nitro benzene ring substituents is 1. The number of para-hydroxylation sites is 1. The second-order valence-electron chi connectivity index (χ2n) is 5.68. The fourth-order valence-electron chi connectivity index (χ4n) is 2.25. The van der Waals surface area contributed by atoms with Gasteiger partial charge in [-0.15, -0.1) is 0 Å². The lowest BCUT2D eigenvalue weighted by molar-refractivity contribution is -0.388. The molecule has 174 valence electrons. The van der Waals surface area contributed by atoms with Gasteiger partial charge in [-0.25, -0.2) is 4.21 Å². The maximum atomic E-state index is 12.6. The third kappa shape index (κ3) is 7.03. The number of anilines is 1. The molecule has 2 rings (SSSR count). The van der Waals surface area contributed by atoms with Crippen LogP contribution in [-0.4, -0.2) is 36.0 Å². The van der Waals surface area contributed by atoms with E-state index in [1.165, 1.54) is 12.1 Å². The molecular formula is C16H10F6N2O5S3. The number of carbonyl (C=O) groups excluding carboxylic acids is 1. The Bertz CT molecular complexity index is 1090. The van der Waals surface area contributed by atoms with Gasteiger partial charge in [0, 0.05) is 11.0 Å². The van der Waals surface area contributed by atoms with Gasteiger partial charge in [-0.3, -0.25) is 19.1 Å². The van der Waals surface area contributed by atoms with Crippen LogP contribution in [-0.2, 0) is 26.4 Å². The molecule has 1 amide bonds. The van der Waals surface area contributed by atoms with Gasteiger partial charge in [0.1, 0.15) is 10.6 Å². The summed E-state index contributed by atoms with van der Waals surface area (Å²) in [5, 5.41) is 13.3. The van der Waals surface area contributed by atoms with Gasteiger partial charge in [-0.2, -0.15) is 26.3 Å². The molecular weight excluding hydrogens is 510 g/mol. The Labute approximate surface area is 184 Å². The van der Waals surface area contributed by atoms with E-state index in [0.29, 0.717) is 18.2 Å². The molecule has 0 aromatic heterocycles. The lowest BCUT2D eigenvalue weighted by Crippen LogP contribution is -2.21. The molecule has 16 heteroatoms. The van der Waals surface area contributed by atoms with E-state index < -0.39 is 76.4 Å². The Hall–Kier alpha value is -2.46. The van der Waals surface area contributed by atoms with Crippen LogP contribution in [0.1, 0.15) is 0 Å². The summed E-state index contributed by atoms with van der Waals surface area (Å²) >= 11 is -0.503. The molecule has 0 heterocycles. The van der Waals surface area contributed by atoms with Crippen molar-refractivity contribution in [3.63, 3.8) is 0 Å². The number of halogens is 6. The maximum Gasteiger partial charge on any atom is 0.475 e. The fourth-order valence-corrected chi connectivity index (χ4v) is 4.60. The quantitative estimate of drug-likeness (QED) is 0.248. The van der Waals surface area contributed by atoms with Gasteiger partial charge in [0.05, 0.1) is 26.3 Å². The zero-order valence-corrected chi connectivity index (χ0v) is 17.7. The number of hydrogen-bond donors (Lipinski definition) is 1. The molecule has 2 aromatic carbocycles. The first-order valence-corrected chi connectivity index (χ1v) is 11.3. The van der Waals surface area contributed by atoms with Crippen LogP contribution < -0.4 is 5.32 Å². The van der Waals surface area contributed by atoms with E-state index >= 15 is 0 Å². The first kappa shape index (κ1) is 25.8. The minimum atomic E-state index is -5.18. The molecule has 0 aliphatic heterocycles. The summed E-state index contributed by atoms with van der Waals surface area (Å²) in [5.41, 5.74) is -11.1. The van der Waals surface area contributed by atoms with E-state index in [-0.39, 0.29) is 10.6 Å². The Kier molecular flexibility index (Phi) is 8.06. The van der Waals surface area contributed by atoms with Crippen molar-refractivity contribution < 1.29 is 44.5 Å². The Balaban J connectivity index is 2.24. The number of carbonyl (C=O) groups is 1. The average Bonchev–Trinajstić information content (AvgIpc) is 2.66. The van der Waals surface area contributed by atoms with Crippen LogP contribution >= 0.6 is 11.8 Å². The number of nitrogens with zero attached hydrogens (tertiary/aromatic N) is 1. The molecule has 0 bridgehead atoms. The van der Waals surface area contributed by atoms with Crippen LogP contribution in [0.3, 0.4) is 0 Å². The monoisotopic (exact) mass is 520 g/mol. The van der Waals surface area contributed by atoms with E-state index in [2.05, 4.69) is 5.32 Å². The highest BCUT2D eigenvalue weighted by Crippen LogP contribution is 2.40. The normalized spacial score (nSPS) is 13.9. The summed E-state index contributed by atoms with van der Waals surface area (Å²) in [6.45, 7) is 0. The van der Waals surface area contributed by atoms with Crippen molar-refractivity contribution in [2.24, 2.45) is 0 Å². The average molecular weight is 520 g/mol. The molecule has 7 nitrogen and oxygen atoms in total. The minimum absolute atomic E-state index is 0.248. The summed E-state index contributed by atoms with van der Waals surface area (Å²) in [7, 11) is -6.02. The number of nitrogens with one attached hydrogen (secondary N) is 1. The van der Waals surface area contributed by atoms with Crippen molar-refractivity contribution in [3.8, 4) is 0 Å². The van der Waals surface area contributed by atoms with Gasteiger partial charge in [-0.05, 0) is 36.0 Å². The molecule has 2 unspecified atom stereocenters. The second-order valence-corrected chi connectivity index (χ2v) is 9.68. The predicted octanol–water partition coefficient (Wildman–Crippen LogP) is 4.58. The molecule has 0 saturated heterocycles. The number of benzene rings is 2. The lowest BCUT2D eigenvalue weighted by Gasteiger charge is -2.12. The van der Waals surface area contributed by atoms with Crippen molar-refractivity contribution in [1.29, 1.82) is 0 Å². The van der Waals surface area contributed by atoms with Crippen LogP contribution in [0.2, 0.25) is 0 Å². The Morgan fingerprint density at radius 2 is 1.69 bits per heavy atom. The highest BCUT2D eigenvalue weighted by molar-refractivity contribution is 8.00. The van der Waals surface area contributed by atoms with E-state index in [4.69, 9.17) is 0 Å². The molecule has 0 spiro atoms. The van der Waals surface area contributed by atoms with Gasteiger partial charge in [-0.1, -0.05) is 12.1 Å². The van der Waals surface area contributed by atoms with Crippen LogP contribution in [0.5, 0.6) is 0 Å². The zero-order valence-electron chi connectivity index (χ0n) is 15.2. The first-order chi connectivity index (χ1) is 14.7. The number of thioether (sulfide) groups is 1. The minimum Gasteiger partial charge on any atom is -0.324 e. The molecule has 0 saturated carbocycles.